The van der Waals surface area contributed by atoms with Crippen LogP contribution in [0.4, 0.5) is 0 Å². The predicted molar refractivity (Wildman–Crippen MR) is 113 cm³/mol. The number of rotatable bonds is 5. The first-order valence-corrected chi connectivity index (χ1v) is 10.5. The molecule has 1 amide bonds. The molecule has 1 spiro atoms. The van der Waals surface area contributed by atoms with Crippen LogP contribution in [0.25, 0.3) is 0 Å². The van der Waals surface area contributed by atoms with Crippen LogP contribution < -0.4 is 4.74 Å². The van der Waals surface area contributed by atoms with Crippen molar-refractivity contribution in [3.8, 4) is 5.75 Å². The number of morpholine rings is 1. The minimum atomic E-state index is -0.0690. The number of hydrogen-bond acceptors (Lipinski definition) is 4. The topological polar surface area (TPSA) is 42.0 Å². The Hall–Kier alpha value is -2.37. The highest BCUT2D eigenvalue weighted by molar-refractivity contribution is 5.79. The molecule has 5 heteroatoms. The fraction of sp³-hybridized carbons (Fsp3) is 0.458. The van der Waals surface area contributed by atoms with Gasteiger partial charge in [-0.2, -0.15) is 0 Å². The maximum atomic E-state index is 12.9. The van der Waals surface area contributed by atoms with Crippen LogP contribution in [0, 0.1) is 0 Å². The van der Waals surface area contributed by atoms with E-state index < -0.39 is 0 Å². The summed E-state index contributed by atoms with van der Waals surface area (Å²) in [6, 6.07) is 17.9. The maximum Gasteiger partial charge on any atom is 0.227 e. The number of benzene rings is 2. The minimum Gasteiger partial charge on any atom is -0.489 e. The Bertz CT molecular complexity index is 816. The summed E-state index contributed by atoms with van der Waals surface area (Å²) >= 11 is 0. The number of hydrogen-bond donors (Lipinski definition) is 0. The molecule has 0 aliphatic carbocycles. The van der Waals surface area contributed by atoms with E-state index in [-0.39, 0.29) is 11.5 Å². The van der Waals surface area contributed by atoms with Crippen molar-refractivity contribution in [2.24, 2.45) is 0 Å². The molecule has 0 saturated carbocycles. The van der Waals surface area contributed by atoms with Gasteiger partial charge in [-0.15, -0.1) is 0 Å². The summed E-state index contributed by atoms with van der Waals surface area (Å²) in [5, 5.41) is 0. The van der Waals surface area contributed by atoms with E-state index in [1.807, 2.05) is 59.5 Å². The van der Waals surface area contributed by atoms with Crippen molar-refractivity contribution >= 4 is 5.91 Å². The zero-order chi connectivity index (χ0) is 20.1. The maximum absolute atomic E-state index is 12.9. The van der Waals surface area contributed by atoms with Gasteiger partial charge in [0.2, 0.25) is 5.91 Å². The van der Waals surface area contributed by atoms with Crippen molar-refractivity contribution in [2.45, 2.75) is 31.5 Å². The minimum absolute atomic E-state index is 0.0690. The fourth-order valence-corrected chi connectivity index (χ4v) is 4.30. The largest absolute Gasteiger partial charge is 0.489 e. The molecule has 5 nitrogen and oxygen atoms in total. The van der Waals surface area contributed by atoms with Gasteiger partial charge in [-0.3, -0.25) is 4.79 Å². The zero-order valence-electron chi connectivity index (χ0n) is 17.2. The molecular formula is C24H30N2O3. The van der Waals surface area contributed by atoms with Crippen LogP contribution in [0.2, 0.25) is 0 Å². The molecule has 2 saturated heterocycles. The van der Waals surface area contributed by atoms with Crippen LogP contribution in [0.15, 0.2) is 54.6 Å². The summed E-state index contributed by atoms with van der Waals surface area (Å²) in [4.78, 5) is 17.3. The van der Waals surface area contributed by atoms with E-state index in [1.165, 1.54) is 0 Å². The zero-order valence-corrected chi connectivity index (χ0v) is 17.2. The second-order valence-corrected chi connectivity index (χ2v) is 8.21. The number of likely N-dealkylation sites (tertiary alicyclic amines) is 1. The van der Waals surface area contributed by atoms with Gasteiger partial charge in [0, 0.05) is 31.7 Å². The number of nitrogens with zero attached hydrogens (tertiary/aromatic N) is 2. The van der Waals surface area contributed by atoms with Crippen LogP contribution in [0.1, 0.15) is 24.0 Å². The number of likely N-dealkylation sites (N-methyl/N-ethyl adjacent to an activating group) is 1. The van der Waals surface area contributed by atoms with E-state index in [2.05, 4.69) is 11.9 Å². The summed E-state index contributed by atoms with van der Waals surface area (Å²) in [5.41, 5.74) is 2.00. The molecule has 2 aliphatic heterocycles. The first-order valence-electron chi connectivity index (χ1n) is 10.5. The van der Waals surface area contributed by atoms with Crippen molar-refractivity contribution in [2.75, 3.05) is 39.8 Å². The summed E-state index contributed by atoms with van der Waals surface area (Å²) in [6.07, 6.45) is 2.20. The lowest BCUT2D eigenvalue weighted by Gasteiger charge is -2.46. The second-order valence-electron chi connectivity index (χ2n) is 8.21. The third kappa shape index (κ3) is 4.98. The Morgan fingerprint density at radius 1 is 1.03 bits per heavy atom. The van der Waals surface area contributed by atoms with E-state index in [1.54, 1.807) is 0 Å². The highest BCUT2D eigenvalue weighted by Crippen LogP contribution is 2.30. The molecule has 2 aromatic rings. The molecule has 0 N–H and O–H groups in total. The Morgan fingerprint density at radius 3 is 2.52 bits per heavy atom. The smallest absolute Gasteiger partial charge is 0.227 e. The van der Waals surface area contributed by atoms with Crippen molar-refractivity contribution in [3.63, 3.8) is 0 Å². The molecule has 2 heterocycles. The quantitative estimate of drug-likeness (QED) is 0.781. The Labute approximate surface area is 173 Å². The average Bonchev–Trinajstić information content (AvgIpc) is 2.74. The molecule has 4 rings (SSSR count). The predicted octanol–water partition coefficient (Wildman–Crippen LogP) is 3.13. The Kier molecular flexibility index (Phi) is 6.16. The van der Waals surface area contributed by atoms with Crippen molar-refractivity contribution in [3.05, 3.63) is 65.7 Å². The van der Waals surface area contributed by atoms with Crippen LogP contribution in [-0.2, 0) is 22.6 Å². The third-order valence-electron chi connectivity index (χ3n) is 6.02. The van der Waals surface area contributed by atoms with E-state index in [0.717, 1.165) is 62.5 Å². The summed E-state index contributed by atoms with van der Waals surface area (Å²) in [5.74, 6) is 0.954. The third-order valence-corrected chi connectivity index (χ3v) is 6.02. The summed E-state index contributed by atoms with van der Waals surface area (Å²) in [6.45, 7) is 4.77. The van der Waals surface area contributed by atoms with Gasteiger partial charge in [0.1, 0.15) is 12.4 Å². The Balaban J connectivity index is 1.34. The van der Waals surface area contributed by atoms with Crippen LogP contribution in [0.5, 0.6) is 5.75 Å². The Morgan fingerprint density at radius 2 is 1.76 bits per heavy atom. The molecule has 0 bridgehead atoms. The molecule has 0 unspecified atom stereocenters. The number of para-hydroxylation sites is 1. The lowest BCUT2D eigenvalue weighted by molar-refractivity contribution is -0.147. The molecule has 2 fully saturated rings. The molecule has 0 aromatic heterocycles. The monoisotopic (exact) mass is 394 g/mol. The van der Waals surface area contributed by atoms with E-state index in [4.69, 9.17) is 9.47 Å². The first kappa shape index (κ1) is 19.9. The summed E-state index contributed by atoms with van der Waals surface area (Å²) < 4.78 is 12.1. The van der Waals surface area contributed by atoms with E-state index in [0.29, 0.717) is 13.0 Å². The first-order chi connectivity index (χ1) is 14.1. The van der Waals surface area contributed by atoms with E-state index >= 15 is 0 Å². The van der Waals surface area contributed by atoms with Gasteiger partial charge in [0.25, 0.3) is 0 Å². The van der Waals surface area contributed by atoms with Gasteiger partial charge in [-0.25, -0.2) is 0 Å². The molecule has 0 radical (unpaired) electrons. The van der Waals surface area contributed by atoms with Gasteiger partial charge < -0.3 is 19.3 Å². The normalized spacial score (nSPS) is 19.3. The second kappa shape index (κ2) is 8.97. The van der Waals surface area contributed by atoms with E-state index in [9.17, 15) is 4.79 Å². The SMILES string of the molecule is CN1CCOC2(CCN(C(=O)Cc3ccccc3OCc3ccccc3)CC2)C1. The number of carbonyl (C=O) groups is 1. The average molecular weight is 395 g/mol. The highest BCUT2D eigenvalue weighted by Gasteiger charge is 2.39. The fourth-order valence-electron chi connectivity index (χ4n) is 4.30. The number of amides is 1. The molecule has 0 atom stereocenters. The van der Waals surface area contributed by atoms with Gasteiger partial charge in [0.15, 0.2) is 0 Å². The van der Waals surface area contributed by atoms with Crippen molar-refractivity contribution in [1.29, 1.82) is 0 Å². The van der Waals surface area contributed by atoms with Gasteiger partial charge >= 0.3 is 0 Å². The molecular weight excluding hydrogens is 364 g/mol. The molecule has 2 aliphatic rings. The molecule has 29 heavy (non-hydrogen) atoms. The van der Waals surface area contributed by atoms with Gasteiger partial charge in [0.05, 0.1) is 18.6 Å². The van der Waals surface area contributed by atoms with Crippen LogP contribution >= 0.6 is 0 Å². The van der Waals surface area contributed by atoms with Gasteiger partial charge in [-0.05, 0) is 31.5 Å². The summed E-state index contributed by atoms with van der Waals surface area (Å²) in [7, 11) is 2.15. The standard InChI is InChI=1S/C24H30N2O3/c1-25-15-16-29-24(19-25)11-13-26(14-12-24)23(27)17-21-9-5-6-10-22(21)28-18-20-7-3-2-4-8-20/h2-10H,11-19H2,1H3. The van der Waals surface area contributed by atoms with Crippen molar-refractivity contribution in [1.82, 2.24) is 9.80 Å². The molecule has 2 aromatic carbocycles. The lowest BCUT2D eigenvalue weighted by Crippen LogP contribution is -2.56. The van der Waals surface area contributed by atoms with Gasteiger partial charge in [-0.1, -0.05) is 48.5 Å². The van der Waals surface area contributed by atoms with Crippen molar-refractivity contribution < 1.29 is 14.3 Å². The highest BCUT2D eigenvalue weighted by atomic mass is 16.5. The van der Waals surface area contributed by atoms with Crippen LogP contribution in [0.3, 0.4) is 0 Å². The number of piperidine rings is 1. The lowest BCUT2D eigenvalue weighted by atomic mass is 9.89. The number of ether oxygens (including phenoxy) is 2. The number of carbonyl (C=O) groups excluding carboxylic acids is 1. The van der Waals surface area contributed by atoms with Crippen LogP contribution in [-0.4, -0.2) is 61.1 Å². The molecule has 154 valence electrons.